The molecule has 1 aliphatic heterocycles. The normalized spacial score (nSPS) is 16.7. The number of oxime groups is 1. The summed E-state index contributed by atoms with van der Waals surface area (Å²) in [5.74, 6) is -0.301. The van der Waals surface area contributed by atoms with Crippen molar-refractivity contribution in [3.8, 4) is 0 Å². The van der Waals surface area contributed by atoms with Crippen molar-refractivity contribution < 1.29 is 14.7 Å². The second-order valence-corrected chi connectivity index (χ2v) is 6.56. The van der Waals surface area contributed by atoms with E-state index in [-0.39, 0.29) is 12.5 Å². The first kappa shape index (κ1) is 19.2. The Morgan fingerprint density at radius 3 is 2.72 bits per heavy atom. The molecule has 1 aromatic rings. The lowest BCUT2D eigenvalue weighted by Crippen LogP contribution is -2.45. The van der Waals surface area contributed by atoms with E-state index in [1.807, 2.05) is 24.3 Å². The topological polar surface area (TPSA) is 70.9 Å². The molecule has 1 aromatic carbocycles. The Morgan fingerprint density at radius 1 is 1.40 bits per heavy atom. The molecular formula is C19H23ClN2O3. The zero-order valence-corrected chi connectivity index (χ0v) is 14.8. The number of amides is 1. The van der Waals surface area contributed by atoms with E-state index < -0.39 is 11.7 Å². The van der Waals surface area contributed by atoms with Crippen molar-refractivity contribution in [1.82, 2.24) is 5.32 Å². The van der Waals surface area contributed by atoms with Gasteiger partial charge >= 0.3 is 0 Å². The van der Waals surface area contributed by atoms with Crippen LogP contribution in [0.25, 0.3) is 0 Å². The molecule has 0 aromatic heterocycles. The van der Waals surface area contributed by atoms with Crippen molar-refractivity contribution in [2.45, 2.75) is 37.4 Å². The van der Waals surface area contributed by atoms with Crippen molar-refractivity contribution in [3.63, 3.8) is 0 Å². The summed E-state index contributed by atoms with van der Waals surface area (Å²) in [6.07, 6.45) is 4.21. The minimum absolute atomic E-state index is 0.101. The highest BCUT2D eigenvalue weighted by Gasteiger charge is 2.31. The molecule has 25 heavy (non-hydrogen) atoms. The van der Waals surface area contributed by atoms with Crippen LogP contribution in [-0.4, -0.2) is 35.0 Å². The summed E-state index contributed by atoms with van der Waals surface area (Å²) < 4.78 is 0. The van der Waals surface area contributed by atoms with Crippen molar-refractivity contribution in [2.75, 3.05) is 6.54 Å². The summed E-state index contributed by atoms with van der Waals surface area (Å²) in [5, 5.41) is 17.8. The van der Waals surface area contributed by atoms with Gasteiger partial charge in [0.05, 0.1) is 11.3 Å². The number of hydrogen-bond donors (Lipinski definition) is 2. The van der Waals surface area contributed by atoms with Gasteiger partial charge in [-0.2, -0.15) is 0 Å². The molecule has 0 aliphatic carbocycles. The number of nitrogens with one attached hydrogen (secondary N) is 1. The number of aliphatic hydroxyl groups is 1. The van der Waals surface area contributed by atoms with Gasteiger partial charge in [0.25, 0.3) is 5.91 Å². The number of nitrogens with zero attached hydrogens (tertiary/aromatic N) is 1. The van der Waals surface area contributed by atoms with Gasteiger partial charge in [0.2, 0.25) is 6.10 Å². The Labute approximate surface area is 153 Å². The third-order valence-electron chi connectivity index (χ3n) is 4.02. The van der Waals surface area contributed by atoms with Crippen molar-refractivity contribution in [2.24, 2.45) is 5.16 Å². The van der Waals surface area contributed by atoms with E-state index in [9.17, 15) is 9.90 Å². The Hall–Kier alpha value is -2.11. The molecule has 6 heteroatoms. The van der Waals surface area contributed by atoms with E-state index in [1.54, 1.807) is 12.2 Å². The molecule has 0 bridgehead atoms. The fourth-order valence-electron chi connectivity index (χ4n) is 2.66. The highest BCUT2D eigenvalue weighted by molar-refractivity contribution is 6.31. The number of benzene rings is 1. The average molecular weight is 363 g/mol. The second kappa shape index (κ2) is 8.83. The van der Waals surface area contributed by atoms with Crippen LogP contribution in [0.3, 0.4) is 0 Å². The summed E-state index contributed by atoms with van der Waals surface area (Å²) in [5.41, 5.74) is 0.624. The summed E-state index contributed by atoms with van der Waals surface area (Å²) in [4.78, 5) is 17.5. The fourth-order valence-corrected chi connectivity index (χ4v) is 2.87. The first-order valence-corrected chi connectivity index (χ1v) is 8.52. The largest absolute Gasteiger partial charge is 0.387 e. The van der Waals surface area contributed by atoms with E-state index in [4.69, 9.17) is 16.4 Å². The molecule has 1 heterocycles. The fraction of sp³-hybridized carbons (Fsp3) is 0.368. The van der Waals surface area contributed by atoms with Crippen LogP contribution < -0.4 is 5.32 Å². The lowest BCUT2D eigenvalue weighted by Gasteiger charge is -2.26. The average Bonchev–Trinajstić information content (AvgIpc) is 3.04. The third kappa shape index (κ3) is 5.44. The van der Waals surface area contributed by atoms with E-state index in [2.05, 4.69) is 23.6 Å². The monoisotopic (exact) mass is 362 g/mol. The minimum atomic E-state index is -1.08. The standard InChI is InChI=1S/C19H23ClN2O3/c1-3-9-19(24,10-4-2)13-21-18(23)17-12-15(22-25-17)11-14-7-5-6-8-16(14)20/h3-8,17,24H,1-2,9-13H2,(H,21,23)/t17-/m1/s1. The molecule has 2 rings (SSSR count). The minimum Gasteiger partial charge on any atom is -0.387 e. The molecule has 5 nitrogen and oxygen atoms in total. The van der Waals surface area contributed by atoms with Crippen molar-refractivity contribution in [1.29, 1.82) is 0 Å². The van der Waals surface area contributed by atoms with Gasteiger partial charge in [-0.05, 0) is 24.5 Å². The number of carbonyl (C=O) groups excluding carboxylic acids is 1. The van der Waals surface area contributed by atoms with Gasteiger partial charge in [0.15, 0.2) is 0 Å². The molecule has 2 N–H and O–H groups in total. The highest BCUT2D eigenvalue weighted by Crippen LogP contribution is 2.21. The molecule has 0 spiro atoms. The van der Waals surface area contributed by atoms with Gasteiger partial charge in [-0.1, -0.05) is 47.1 Å². The molecule has 0 fully saturated rings. The Bertz CT molecular complexity index is 662. The highest BCUT2D eigenvalue weighted by atomic mass is 35.5. The van der Waals surface area contributed by atoms with Gasteiger partial charge in [0.1, 0.15) is 0 Å². The van der Waals surface area contributed by atoms with Crippen LogP contribution in [0.1, 0.15) is 24.8 Å². The van der Waals surface area contributed by atoms with Gasteiger partial charge in [-0.3, -0.25) is 4.79 Å². The predicted octanol–water partition coefficient (Wildman–Crippen LogP) is 3.03. The first-order chi connectivity index (χ1) is 12.0. The summed E-state index contributed by atoms with van der Waals surface area (Å²) in [6, 6.07) is 7.50. The smallest absolute Gasteiger partial charge is 0.264 e. The van der Waals surface area contributed by atoms with Crippen LogP contribution in [0.4, 0.5) is 0 Å². The van der Waals surface area contributed by atoms with Gasteiger partial charge in [-0.15, -0.1) is 13.2 Å². The zero-order chi connectivity index (χ0) is 18.3. The molecular weight excluding hydrogens is 340 g/mol. The zero-order valence-electron chi connectivity index (χ0n) is 14.1. The van der Waals surface area contributed by atoms with E-state index in [1.165, 1.54) is 0 Å². The van der Waals surface area contributed by atoms with Crippen LogP contribution in [0.5, 0.6) is 0 Å². The Morgan fingerprint density at radius 2 is 2.08 bits per heavy atom. The van der Waals surface area contributed by atoms with Crippen LogP contribution in [0, 0.1) is 0 Å². The summed E-state index contributed by atoms with van der Waals surface area (Å²) in [7, 11) is 0. The Kier molecular flexibility index (Phi) is 6.79. The summed E-state index contributed by atoms with van der Waals surface area (Å²) in [6.45, 7) is 7.36. The van der Waals surface area contributed by atoms with Gasteiger partial charge in [0, 0.05) is 24.4 Å². The van der Waals surface area contributed by atoms with Gasteiger partial charge in [-0.25, -0.2) is 0 Å². The predicted molar refractivity (Wildman–Crippen MR) is 99.7 cm³/mol. The lowest BCUT2D eigenvalue weighted by atomic mass is 9.95. The van der Waals surface area contributed by atoms with Crippen molar-refractivity contribution >= 4 is 23.2 Å². The molecule has 0 saturated carbocycles. The van der Waals surface area contributed by atoms with Crippen LogP contribution >= 0.6 is 11.6 Å². The second-order valence-electron chi connectivity index (χ2n) is 6.15. The number of hydrogen-bond acceptors (Lipinski definition) is 4. The molecule has 0 saturated heterocycles. The first-order valence-electron chi connectivity index (χ1n) is 8.14. The SMILES string of the molecule is C=CCC(O)(CC=C)CNC(=O)[C@H]1CC(Cc2ccccc2Cl)=NO1. The van der Waals surface area contributed by atoms with Crippen molar-refractivity contribution in [3.05, 3.63) is 60.2 Å². The number of rotatable bonds is 9. The van der Waals surface area contributed by atoms with Crippen LogP contribution in [-0.2, 0) is 16.1 Å². The quantitative estimate of drug-likeness (QED) is 0.663. The molecule has 0 unspecified atom stereocenters. The molecule has 1 atom stereocenters. The molecule has 0 radical (unpaired) electrons. The Balaban J connectivity index is 1.86. The maximum atomic E-state index is 12.3. The van der Waals surface area contributed by atoms with E-state index in [0.29, 0.717) is 30.7 Å². The maximum Gasteiger partial charge on any atom is 0.264 e. The summed E-state index contributed by atoms with van der Waals surface area (Å²) >= 11 is 6.14. The molecule has 1 amide bonds. The third-order valence-corrected chi connectivity index (χ3v) is 4.38. The maximum absolute atomic E-state index is 12.3. The lowest BCUT2D eigenvalue weighted by molar-refractivity contribution is -0.132. The van der Waals surface area contributed by atoms with Crippen LogP contribution in [0.15, 0.2) is 54.7 Å². The number of halogens is 1. The number of carbonyl (C=O) groups is 1. The van der Waals surface area contributed by atoms with Gasteiger partial charge < -0.3 is 15.3 Å². The molecule has 134 valence electrons. The van der Waals surface area contributed by atoms with E-state index >= 15 is 0 Å². The van der Waals surface area contributed by atoms with Crippen LogP contribution in [0.2, 0.25) is 5.02 Å². The molecule has 1 aliphatic rings. The van der Waals surface area contributed by atoms with E-state index in [0.717, 1.165) is 11.3 Å².